The van der Waals surface area contributed by atoms with Crippen LogP contribution in [0, 0.1) is 0 Å². The molecule has 4 heterocycles. The maximum absolute atomic E-state index is 12.8. The number of amides is 1. The highest BCUT2D eigenvalue weighted by atomic mass is 32.1. The van der Waals surface area contributed by atoms with Crippen molar-refractivity contribution in [2.75, 3.05) is 27.2 Å². The van der Waals surface area contributed by atoms with E-state index in [9.17, 15) is 4.79 Å². The molecule has 6 nitrogen and oxygen atoms in total. The Kier molecular flexibility index (Phi) is 4.97. The monoisotopic (exact) mass is 383 g/mol. The van der Waals surface area contributed by atoms with Crippen LogP contribution in [0.1, 0.15) is 39.7 Å². The number of nitrogens with zero attached hydrogens (tertiary/aromatic N) is 5. The molecule has 0 atom stereocenters. The van der Waals surface area contributed by atoms with Crippen LogP contribution in [0.5, 0.6) is 0 Å². The van der Waals surface area contributed by atoms with E-state index in [1.807, 2.05) is 44.3 Å². The van der Waals surface area contributed by atoms with E-state index in [2.05, 4.69) is 27.1 Å². The molecule has 3 aromatic rings. The van der Waals surface area contributed by atoms with E-state index < -0.39 is 0 Å². The topological polar surface area (TPSA) is 54.3 Å². The highest BCUT2D eigenvalue weighted by Gasteiger charge is 2.29. The van der Waals surface area contributed by atoms with E-state index in [1.165, 1.54) is 16.9 Å². The van der Waals surface area contributed by atoms with Crippen molar-refractivity contribution < 1.29 is 4.79 Å². The van der Waals surface area contributed by atoms with E-state index in [-0.39, 0.29) is 5.91 Å². The lowest BCUT2D eigenvalue weighted by molar-refractivity contribution is 0.0830. The molecule has 0 N–H and O–H groups in total. The molecule has 1 amide bonds. The van der Waals surface area contributed by atoms with Crippen molar-refractivity contribution in [3.8, 4) is 0 Å². The number of carbonyl (C=O) groups excluding carboxylic acids is 1. The van der Waals surface area contributed by atoms with Crippen LogP contribution in [-0.4, -0.2) is 57.4 Å². The Bertz CT molecular complexity index is 952. The maximum Gasteiger partial charge on any atom is 0.263 e. The first-order valence-corrected chi connectivity index (χ1v) is 10.1. The summed E-state index contributed by atoms with van der Waals surface area (Å²) >= 11 is 1.53. The number of piperidine rings is 1. The Labute approximate surface area is 163 Å². The standard InChI is InChI=1S/C20H25N5OS/c1-23(2)20(26)18-17(16-5-4-8-21-19(16)27-18)14-6-9-25(10-7-14)12-15-11-24(3)13-22-15/h4-5,8,11,13-14H,6-7,9-10,12H2,1-3H3. The average molecular weight is 384 g/mol. The number of pyridine rings is 1. The van der Waals surface area contributed by atoms with Crippen LogP contribution in [0.4, 0.5) is 0 Å². The molecule has 1 aliphatic heterocycles. The minimum Gasteiger partial charge on any atom is -0.344 e. The summed E-state index contributed by atoms with van der Waals surface area (Å²) in [7, 11) is 5.64. The van der Waals surface area contributed by atoms with Crippen LogP contribution in [-0.2, 0) is 13.6 Å². The van der Waals surface area contributed by atoms with E-state index in [0.717, 1.165) is 53.3 Å². The van der Waals surface area contributed by atoms with Crippen molar-refractivity contribution in [2.45, 2.75) is 25.3 Å². The smallest absolute Gasteiger partial charge is 0.263 e. The molecule has 4 rings (SSSR count). The number of hydrogen-bond acceptors (Lipinski definition) is 5. The predicted molar refractivity (Wildman–Crippen MR) is 108 cm³/mol. The van der Waals surface area contributed by atoms with Crippen LogP contribution in [0.25, 0.3) is 10.2 Å². The summed E-state index contributed by atoms with van der Waals surface area (Å²) in [6.45, 7) is 2.94. The van der Waals surface area contributed by atoms with Gasteiger partial charge < -0.3 is 9.47 Å². The molecule has 0 aromatic carbocycles. The fourth-order valence-corrected chi connectivity index (χ4v) is 5.13. The quantitative estimate of drug-likeness (QED) is 0.695. The Morgan fingerprint density at radius 3 is 2.74 bits per heavy atom. The van der Waals surface area contributed by atoms with Gasteiger partial charge >= 0.3 is 0 Å². The normalized spacial score (nSPS) is 16.1. The number of aromatic nitrogens is 3. The number of fused-ring (bicyclic) bond motifs is 1. The molecular weight excluding hydrogens is 358 g/mol. The number of carbonyl (C=O) groups is 1. The molecule has 1 saturated heterocycles. The van der Waals surface area contributed by atoms with E-state index >= 15 is 0 Å². The molecule has 0 saturated carbocycles. The lowest BCUT2D eigenvalue weighted by atomic mass is 9.87. The summed E-state index contributed by atoms with van der Waals surface area (Å²) in [6.07, 6.45) is 7.86. The van der Waals surface area contributed by atoms with Gasteiger partial charge in [0.05, 0.1) is 16.9 Å². The van der Waals surface area contributed by atoms with Gasteiger partial charge in [0.1, 0.15) is 4.83 Å². The van der Waals surface area contributed by atoms with Crippen LogP contribution in [0.3, 0.4) is 0 Å². The number of hydrogen-bond donors (Lipinski definition) is 0. The number of imidazole rings is 1. The third kappa shape index (κ3) is 3.61. The van der Waals surface area contributed by atoms with Crippen molar-refractivity contribution >= 4 is 27.5 Å². The number of thiophene rings is 1. The third-order valence-corrected chi connectivity index (χ3v) is 6.36. The SMILES string of the molecule is CN(C)C(=O)c1sc2ncccc2c1C1CCN(Cc2cn(C)cn2)CC1. The number of likely N-dealkylation sites (tertiary alicyclic amines) is 1. The van der Waals surface area contributed by atoms with Crippen molar-refractivity contribution in [2.24, 2.45) is 7.05 Å². The first-order valence-electron chi connectivity index (χ1n) is 9.31. The molecule has 27 heavy (non-hydrogen) atoms. The largest absolute Gasteiger partial charge is 0.344 e. The van der Waals surface area contributed by atoms with Crippen molar-refractivity contribution in [1.29, 1.82) is 0 Å². The highest BCUT2D eigenvalue weighted by molar-refractivity contribution is 7.20. The van der Waals surface area contributed by atoms with Gasteiger partial charge in [-0.05, 0) is 43.5 Å². The van der Waals surface area contributed by atoms with Crippen molar-refractivity contribution in [3.05, 3.63) is 47.0 Å². The summed E-state index contributed by atoms with van der Waals surface area (Å²) < 4.78 is 1.99. The summed E-state index contributed by atoms with van der Waals surface area (Å²) in [4.78, 5) is 27.7. The molecule has 3 aromatic heterocycles. The van der Waals surface area contributed by atoms with Gasteiger partial charge in [0.25, 0.3) is 5.91 Å². The minimum atomic E-state index is 0.0870. The molecule has 0 bridgehead atoms. The zero-order chi connectivity index (χ0) is 19.0. The van der Waals surface area contributed by atoms with Crippen LogP contribution in [0.15, 0.2) is 30.9 Å². The molecule has 142 valence electrons. The zero-order valence-electron chi connectivity index (χ0n) is 16.1. The maximum atomic E-state index is 12.8. The Morgan fingerprint density at radius 2 is 2.07 bits per heavy atom. The molecule has 1 aliphatic rings. The van der Waals surface area contributed by atoms with Gasteiger partial charge in [-0.25, -0.2) is 9.97 Å². The molecule has 0 radical (unpaired) electrons. The minimum absolute atomic E-state index is 0.0870. The second-order valence-electron chi connectivity index (χ2n) is 7.48. The van der Waals surface area contributed by atoms with Crippen molar-refractivity contribution in [1.82, 2.24) is 24.3 Å². The fraction of sp³-hybridized carbons (Fsp3) is 0.450. The van der Waals surface area contributed by atoms with Gasteiger partial charge in [-0.3, -0.25) is 9.69 Å². The summed E-state index contributed by atoms with van der Waals surface area (Å²) in [5.74, 6) is 0.491. The summed E-state index contributed by atoms with van der Waals surface area (Å²) in [5, 5.41) is 1.15. The first kappa shape index (κ1) is 18.1. The summed E-state index contributed by atoms with van der Waals surface area (Å²) in [6, 6.07) is 4.08. The predicted octanol–water partition coefficient (Wildman–Crippen LogP) is 3.11. The van der Waals surface area contributed by atoms with Gasteiger partial charge in [0, 0.05) is 45.5 Å². The molecule has 1 fully saturated rings. The molecule has 0 aliphatic carbocycles. The van der Waals surface area contributed by atoms with Gasteiger partial charge in [-0.2, -0.15) is 0 Å². The molecule has 0 spiro atoms. The Balaban J connectivity index is 1.56. The highest BCUT2D eigenvalue weighted by Crippen LogP contribution is 2.40. The van der Waals surface area contributed by atoms with Crippen LogP contribution >= 0.6 is 11.3 Å². The second-order valence-corrected chi connectivity index (χ2v) is 8.48. The van der Waals surface area contributed by atoms with Gasteiger partial charge in [-0.1, -0.05) is 6.07 Å². The molecule has 7 heteroatoms. The number of aryl methyl sites for hydroxylation is 1. The zero-order valence-corrected chi connectivity index (χ0v) is 16.9. The van der Waals surface area contributed by atoms with Gasteiger partial charge in [-0.15, -0.1) is 11.3 Å². The Morgan fingerprint density at radius 1 is 1.30 bits per heavy atom. The van der Waals surface area contributed by atoms with Gasteiger partial charge in [0.15, 0.2) is 0 Å². The molecule has 0 unspecified atom stereocenters. The van der Waals surface area contributed by atoms with Gasteiger partial charge in [0.2, 0.25) is 0 Å². The van der Waals surface area contributed by atoms with E-state index in [4.69, 9.17) is 0 Å². The van der Waals surface area contributed by atoms with Crippen molar-refractivity contribution in [3.63, 3.8) is 0 Å². The lowest BCUT2D eigenvalue weighted by Crippen LogP contribution is -2.33. The fourth-order valence-electron chi connectivity index (χ4n) is 3.88. The van der Waals surface area contributed by atoms with E-state index in [0.29, 0.717) is 5.92 Å². The first-order chi connectivity index (χ1) is 13.0. The average Bonchev–Trinajstić information content (AvgIpc) is 3.25. The third-order valence-electron chi connectivity index (χ3n) is 5.24. The van der Waals surface area contributed by atoms with E-state index in [1.54, 1.807) is 4.90 Å². The van der Waals surface area contributed by atoms with Crippen LogP contribution in [0.2, 0.25) is 0 Å². The summed E-state index contributed by atoms with van der Waals surface area (Å²) in [5.41, 5.74) is 2.32. The second kappa shape index (κ2) is 7.40. The lowest BCUT2D eigenvalue weighted by Gasteiger charge is -2.32. The van der Waals surface area contributed by atoms with Crippen LogP contribution < -0.4 is 0 Å². The molecular formula is C20H25N5OS. The Hall–Kier alpha value is -2.25. The number of rotatable bonds is 4.